The van der Waals surface area contributed by atoms with Crippen LogP contribution in [0.1, 0.15) is 51.4 Å². The molecule has 1 saturated carbocycles. The minimum atomic E-state index is -1.63. The number of nitrogens with one attached hydrogen (secondary N) is 2. The molecule has 0 unspecified atom stereocenters. The highest BCUT2D eigenvalue weighted by atomic mass is 16.5. The zero-order valence-corrected chi connectivity index (χ0v) is 16.5. The van der Waals surface area contributed by atoms with E-state index in [1.807, 2.05) is 6.08 Å². The summed E-state index contributed by atoms with van der Waals surface area (Å²) in [6.07, 6.45) is 5.17. The number of carbonyl (C=O) groups is 2. The van der Waals surface area contributed by atoms with Gasteiger partial charge in [0.2, 0.25) is 5.91 Å². The second-order valence-electron chi connectivity index (χ2n) is 7.76. The molecule has 2 amide bonds. The predicted octanol–water partition coefficient (Wildman–Crippen LogP) is 0.00550. The molecule has 0 spiro atoms. The van der Waals surface area contributed by atoms with Crippen molar-refractivity contribution < 1.29 is 29.6 Å². The molecule has 1 aliphatic heterocycles. The van der Waals surface area contributed by atoms with Gasteiger partial charge < -0.3 is 30.7 Å². The third-order valence-corrected chi connectivity index (χ3v) is 5.60. The van der Waals surface area contributed by atoms with Crippen LogP contribution in [-0.2, 0) is 14.3 Å². The van der Waals surface area contributed by atoms with Gasteiger partial charge in [0.25, 0.3) is 5.91 Å². The molecule has 0 radical (unpaired) electrons. The van der Waals surface area contributed by atoms with Crippen molar-refractivity contribution in [2.75, 3.05) is 13.7 Å². The highest BCUT2D eigenvalue weighted by Gasteiger charge is 2.37. The van der Waals surface area contributed by atoms with E-state index in [-0.39, 0.29) is 5.91 Å². The molecular formula is C20H34N2O6. The molecule has 0 aromatic rings. The predicted molar refractivity (Wildman–Crippen MR) is 103 cm³/mol. The molecule has 8 heteroatoms. The van der Waals surface area contributed by atoms with Crippen molar-refractivity contribution in [3.63, 3.8) is 0 Å². The van der Waals surface area contributed by atoms with Gasteiger partial charge in [0.1, 0.15) is 24.4 Å². The van der Waals surface area contributed by atoms with E-state index in [0.717, 1.165) is 38.5 Å². The number of ether oxygens (including phenoxy) is 1. The van der Waals surface area contributed by atoms with Gasteiger partial charge in [-0.25, -0.2) is 0 Å². The molecule has 0 aromatic carbocycles. The number of carbonyl (C=O) groups excluding carboxylic acids is 2. The van der Waals surface area contributed by atoms with Crippen LogP contribution in [0.3, 0.4) is 0 Å². The number of hydrogen-bond donors (Lipinski definition) is 5. The summed E-state index contributed by atoms with van der Waals surface area (Å²) in [5, 5.41) is 36.1. The lowest BCUT2D eigenvalue weighted by Gasteiger charge is -2.28. The number of aliphatic hydroxyl groups is 3. The van der Waals surface area contributed by atoms with Crippen LogP contribution in [0.15, 0.2) is 12.2 Å². The van der Waals surface area contributed by atoms with Crippen molar-refractivity contribution in [2.45, 2.75) is 81.8 Å². The van der Waals surface area contributed by atoms with Gasteiger partial charge in [-0.05, 0) is 38.0 Å². The Morgan fingerprint density at radius 3 is 2.46 bits per heavy atom. The first-order chi connectivity index (χ1) is 13.4. The molecule has 28 heavy (non-hydrogen) atoms. The summed E-state index contributed by atoms with van der Waals surface area (Å²) in [7, 11) is 1.23. The molecule has 5 N–H and O–H groups in total. The van der Waals surface area contributed by atoms with Crippen molar-refractivity contribution in [1.82, 2.24) is 10.6 Å². The Morgan fingerprint density at radius 2 is 1.79 bits per heavy atom. The van der Waals surface area contributed by atoms with Gasteiger partial charge >= 0.3 is 0 Å². The van der Waals surface area contributed by atoms with E-state index < -0.39 is 36.4 Å². The summed E-state index contributed by atoms with van der Waals surface area (Å²) >= 11 is 0. The van der Waals surface area contributed by atoms with Gasteiger partial charge in [-0.2, -0.15) is 0 Å². The van der Waals surface area contributed by atoms with Crippen LogP contribution in [0, 0.1) is 5.92 Å². The van der Waals surface area contributed by atoms with Crippen molar-refractivity contribution in [3.05, 3.63) is 12.2 Å². The Bertz CT molecular complexity index is 535. The smallest absolute Gasteiger partial charge is 0.252 e. The maximum Gasteiger partial charge on any atom is 0.252 e. The fourth-order valence-corrected chi connectivity index (χ4v) is 3.83. The first kappa shape index (κ1) is 22.8. The first-order valence-corrected chi connectivity index (χ1v) is 10.3. The minimum absolute atomic E-state index is 0.272. The molecule has 2 rings (SSSR count). The van der Waals surface area contributed by atoms with Crippen molar-refractivity contribution >= 4 is 11.8 Å². The summed E-state index contributed by atoms with van der Waals surface area (Å²) in [4.78, 5) is 24.5. The molecule has 2 fully saturated rings. The van der Waals surface area contributed by atoms with Crippen LogP contribution in [0.4, 0.5) is 0 Å². The monoisotopic (exact) mass is 398 g/mol. The van der Waals surface area contributed by atoms with Crippen LogP contribution in [0.2, 0.25) is 0 Å². The zero-order valence-electron chi connectivity index (χ0n) is 16.5. The fourth-order valence-electron chi connectivity index (χ4n) is 3.83. The number of aliphatic hydroxyl groups excluding tert-OH is 3. The van der Waals surface area contributed by atoms with Crippen LogP contribution in [-0.4, -0.2) is 71.2 Å². The normalized spacial score (nSPS) is 26.1. The lowest BCUT2D eigenvalue weighted by molar-refractivity contribution is -0.150. The van der Waals surface area contributed by atoms with E-state index >= 15 is 0 Å². The minimum Gasteiger partial charge on any atom is -0.387 e. The Labute approximate surface area is 166 Å². The highest BCUT2D eigenvalue weighted by molar-refractivity contribution is 5.89. The van der Waals surface area contributed by atoms with Gasteiger partial charge in [0, 0.05) is 13.7 Å². The van der Waals surface area contributed by atoms with E-state index in [9.17, 15) is 24.9 Å². The summed E-state index contributed by atoms with van der Waals surface area (Å²) in [6.45, 7) is 0.569. The SMILES string of the molecule is CO[C@@H](C(=O)N[C@H]1CCCCNC1=O)[C@H](O)[C@@H](O)[C@H](O)C=CC1CCCCC1. The molecule has 8 nitrogen and oxygen atoms in total. The maximum atomic E-state index is 12.5. The second kappa shape index (κ2) is 11.5. The quantitative estimate of drug-likeness (QED) is 0.366. The molecule has 5 atom stereocenters. The van der Waals surface area contributed by atoms with E-state index in [1.165, 1.54) is 19.6 Å². The van der Waals surface area contributed by atoms with Crippen LogP contribution in [0.5, 0.6) is 0 Å². The van der Waals surface area contributed by atoms with E-state index in [4.69, 9.17) is 4.74 Å². The summed E-state index contributed by atoms with van der Waals surface area (Å²) in [5.41, 5.74) is 0. The topological polar surface area (TPSA) is 128 Å². The van der Waals surface area contributed by atoms with E-state index in [1.54, 1.807) is 0 Å². The van der Waals surface area contributed by atoms with Gasteiger partial charge in [0.05, 0.1) is 0 Å². The third-order valence-electron chi connectivity index (χ3n) is 5.60. The van der Waals surface area contributed by atoms with Crippen LogP contribution >= 0.6 is 0 Å². The van der Waals surface area contributed by atoms with Crippen LogP contribution < -0.4 is 10.6 Å². The maximum absolute atomic E-state index is 12.5. The third kappa shape index (κ3) is 6.55. The average molecular weight is 399 g/mol. The molecule has 1 saturated heterocycles. The Hall–Kier alpha value is -1.48. The number of hydrogen-bond acceptors (Lipinski definition) is 6. The second-order valence-corrected chi connectivity index (χ2v) is 7.76. The van der Waals surface area contributed by atoms with Crippen molar-refractivity contribution in [1.29, 1.82) is 0 Å². The molecule has 0 bridgehead atoms. The molecule has 2 aliphatic rings. The molecule has 1 heterocycles. The lowest BCUT2D eigenvalue weighted by Crippen LogP contribution is -2.55. The summed E-state index contributed by atoms with van der Waals surface area (Å²) in [6, 6.07) is -0.701. The highest BCUT2D eigenvalue weighted by Crippen LogP contribution is 2.25. The Morgan fingerprint density at radius 1 is 1.11 bits per heavy atom. The first-order valence-electron chi connectivity index (χ1n) is 10.3. The van der Waals surface area contributed by atoms with E-state index in [2.05, 4.69) is 10.6 Å². The van der Waals surface area contributed by atoms with Gasteiger partial charge in [-0.15, -0.1) is 0 Å². The van der Waals surface area contributed by atoms with Gasteiger partial charge in [-0.1, -0.05) is 31.4 Å². The van der Waals surface area contributed by atoms with Gasteiger partial charge in [0.15, 0.2) is 6.10 Å². The summed E-state index contributed by atoms with van der Waals surface area (Å²) < 4.78 is 5.06. The number of amides is 2. The van der Waals surface area contributed by atoms with Crippen LogP contribution in [0.25, 0.3) is 0 Å². The zero-order chi connectivity index (χ0) is 20.5. The van der Waals surface area contributed by atoms with Crippen molar-refractivity contribution in [2.24, 2.45) is 5.92 Å². The average Bonchev–Trinajstić information content (AvgIpc) is 2.91. The standard InChI is InChI=1S/C20H34N2O6/c1-28-18(20(27)22-14-9-5-6-12-21-19(14)26)17(25)16(24)15(23)11-10-13-7-3-2-4-8-13/h10-11,13-18,23-25H,2-9,12H2,1H3,(H,21,26)(H,22,27)/t14-,15+,16-,17+,18+/m0/s1. The molecule has 0 aromatic heterocycles. The summed E-state index contributed by atoms with van der Waals surface area (Å²) in [5.74, 6) is -0.603. The Balaban J connectivity index is 1.92. The lowest BCUT2D eigenvalue weighted by atomic mass is 9.88. The largest absolute Gasteiger partial charge is 0.387 e. The molecule has 160 valence electrons. The van der Waals surface area contributed by atoms with Crippen molar-refractivity contribution in [3.8, 4) is 0 Å². The van der Waals surface area contributed by atoms with E-state index in [0.29, 0.717) is 18.9 Å². The number of methoxy groups -OCH3 is 1. The van der Waals surface area contributed by atoms with Gasteiger partial charge in [-0.3, -0.25) is 9.59 Å². The molecule has 1 aliphatic carbocycles. The fraction of sp³-hybridized carbons (Fsp3) is 0.800. The molecular weight excluding hydrogens is 364 g/mol. The number of allylic oxidation sites excluding steroid dienone is 1. The Kier molecular flexibility index (Phi) is 9.37. The number of rotatable bonds is 8.